The Morgan fingerprint density at radius 1 is 1.04 bits per heavy atom. The number of rotatable bonds is 8. The highest BCUT2D eigenvalue weighted by atomic mass is 16.6. The molecule has 28 heavy (non-hydrogen) atoms. The molecule has 0 radical (unpaired) electrons. The lowest BCUT2D eigenvalue weighted by molar-refractivity contribution is -0.141. The molecule has 0 bridgehead atoms. The van der Waals surface area contributed by atoms with Crippen molar-refractivity contribution in [2.24, 2.45) is 0 Å². The van der Waals surface area contributed by atoms with Crippen LogP contribution in [0.2, 0.25) is 0 Å². The minimum absolute atomic E-state index is 0.0177. The van der Waals surface area contributed by atoms with Gasteiger partial charge in [0.25, 0.3) is 0 Å². The number of fused-ring (bicyclic) bond motifs is 3. The number of hydrogen-bond donors (Lipinski definition) is 3. The summed E-state index contributed by atoms with van der Waals surface area (Å²) in [5, 5.41) is 20.7. The summed E-state index contributed by atoms with van der Waals surface area (Å²) >= 11 is 0. The Bertz CT molecular complexity index is 805. The fraction of sp³-hybridized carbons (Fsp3) is 0.333. The molecular formula is C21H23NO6. The van der Waals surface area contributed by atoms with Crippen LogP contribution in [0.25, 0.3) is 11.1 Å². The van der Waals surface area contributed by atoms with Gasteiger partial charge in [-0.1, -0.05) is 48.5 Å². The second-order valence-electron chi connectivity index (χ2n) is 6.75. The van der Waals surface area contributed by atoms with Crippen molar-refractivity contribution in [2.75, 3.05) is 19.8 Å². The third kappa shape index (κ3) is 4.49. The van der Waals surface area contributed by atoms with E-state index in [1.807, 2.05) is 48.5 Å². The third-order valence-electron chi connectivity index (χ3n) is 4.58. The number of aliphatic hydroxyl groups excluding tert-OH is 1. The van der Waals surface area contributed by atoms with E-state index in [9.17, 15) is 14.7 Å². The van der Waals surface area contributed by atoms with Gasteiger partial charge in [-0.25, -0.2) is 9.59 Å². The van der Waals surface area contributed by atoms with Crippen LogP contribution in [-0.2, 0) is 14.3 Å². The van der Waals surface area contributed by atoms with Crippen LogP contribution in [0.15, 0.2) is 48.5 Å². The number of carboxylic acids is 1. The maximum atomic E-state index is 12.1. The van der Waals surface area contributed by atoms with Gasteiger partial charge in [0, 0.05) is 5.92 Å². The van der Waals surface area contributed by atoms with Gasteiger partial charge >= 0.3 is 12.1 Å². The van der Waals surface area contributed by atoms with E-state index in [1.165, 1.54) is 6.92 Å². The molecule has 0 spiro atoms. The number of amides is 1. The summed E-state index contributed by atoms with van der Waals surface area (Å²) in [6.45, 7) is 1.34. The number of carbonyl (C=O) groups excluding carboxylic acids is 1. The molecule has 3 rings (SSSR count). The molecule has 148 valence electrons. The first kappa shape index (κ1) is 19.9. The molecule has 0 saturated heterocycles. The smallest absolute Gasteiger partial charge is 0.407 e. The Morgan fingerprint density at radius 3 is 2.14 bits per heavy atom. The number of hydrogen-bond acceptors (Lipinski definition) is 5. The lowest BCUT2D eigenvalue weighted by Crippen LogP contribution is -2.44. The van der Waals surface area contributed by atoms with Crippen LogP contribution in [0.3, 0.4) is 0 Å². The number of carbonyl (C=O) groups is 2. The summed E-state index contributed by atoms with van der Waals surface area (Å²) in [6, 6.07) is 14.6. The normalized spacial score (nSPS) is 14.6. The molecule has 0 heterocycles. The van der Waals surface area contributed by atoms with Crippen LogP contribution in [0, 0.1) is 0 Å². The van der Waals surface area contributed by atoms with E-state index < -0.39 is 24.2 Å². The van der Waals surface area contributed by atoms with Gasteiger partial charge in [0.2, 0.25) is 0 Å². The fourth-order valence-corrected chi connectivity index (χ4v) is 3.31. The SMILES string of the molecule is C[C@H](O)COC[C@H](NC(=O)OCC1c2ccccc2-c2ccccc21)C(=O)O. The second-order valence-corrected chi connectivity index (χ2v) is 6.75. The van der Waals surface area contributed by atoms with E-state index in [1.54, 1.807) is 0 Å². The predicted octanol–water partition coefficient (Wildman–Crippen LogP) is 2.38. The molecule has 7 nitrogen and oxygen atoms in total. The van der Waals surface area contributed by atoms with Crippen LogP contribution in [0.5, 0.6) is 0 Å². The van der Waals surface area contributed by atoms with E-state index in [0.717, 1.165) is 22.3 Å². The van der Waals surface area contributed by atoms with Gasteiger partial charge < -0.3 is 25.0 Å². The van der Waals surface area contributed by atoms with Crippen molar-refractivity contribution in [1.29, 1.82) is 0 Å². The summed E-state index contributed by atoms with van der Waals surface area (Å²) in [6.07, 6.45) is -1.54. The monoisotopic (exact) mass is 385 g/mol. The lowest BCUT2D eigenvalue weighted by Gasteiger charge is -2.18. The van der Waals surface area contributed by atoms with Crippen molar-refractivity contribution >= 4 is 12.1 Å². The summed E-state index contributed by atoms with van der Waals surface area (Å²) in [7, 11) is 0. The van der Waals surface area contributed by atoms with Gasteiger partial charge in [-0.3, -0.25) is 0 Å². The van der Waals surface area contributed by atoms with Gasteiger partial charge in [-0.15, -0.1) is 0 Å². The Balaban J connectivity index is 1.62. The first-order valence-corrected chi connectivity index (χ1v) is 9.07. The molecule has 1 aliphatic rings. The second kappa shape index (κ2) is 8.86. The van der Waals surface area contributed by atoms with E-state index >= 15 is 0 Å². The zero-order valence-corrected chi connectivity index (χ0v) is 15.5. The van der Waals surface area contributed by atoms with Gasteiger partial charge in [-0.2, -0.15) is 0 Å². The Hall–Kier alpha value is -2.90. The highest BCUT2D eigenvalue weighted by Gasteiger charge is 2.29. The van der Waals surface area contributed by atoms with Crippen LogP contribution in [0.4, 0.5) is 4.79 Å². The number of benzene rings is 2. The molecule has 2 aromatic carbocycles. The molecule has 7 heteroatoms. The van der Waals surface area contributed by atoms with Gasteiger partial charge in [0.05, 0.1) is 19.3 Å². The van der Waals surface area contributed by atoms with Gasteiger partial charge in [0.1, 0.15) is 6.61 Å². The van der Waals surface area contributed by atoms with Crippen LogP contribution in [-0.4, -0.2) is 54.2 Å². The predicted molar refractivity (Wildman–Crippen MR) is 102 cm³/mol. The van der Waals surface area contributed by atoms with E-state index in [-0.39, 0.29) is 25.7 Å². The Morgan fingerprint density at radius 2 is 1.61 bits per heavy atom. The maximum absolute atomic E-state index is 12.1. The first-order valence-electron chi connectivity index (χ1n) is 9.07. The topological polar surface area (TPSA) is 105 Å². The van der Waals surface area contributed by atoms with E-state index in [2.05, 4.69) is 5.32 Å². The molecule has 0 unspecified atom stereocenters. The fourth-order valence-electron chi connectivity index (χ4n) is 3.31. The van der Waals surface area contributed by atoms with Gasteiger partial charge in [-0.05, 0) is 29.2 Å². The van der Waals surface area contributed by atoms with E-state index in [4.69, 9.17) is 14.6 Å². The highest BCUT2D eigenvalue weighted by Crippen LogP contribution is 2.44. The van der Waals surface area contributed by atoms with Crippen molar-refractivity contribution in [3.8, 4) is 11.1 Å². The lowest BCUT2D eigenvalue weighted by atomic mass is 9.98. The van der Waals surface area contributed by atoms with Crippen LogP contribution in [0.1, 0.15) is 24.0 Å². The van der Waals surface area contributed by atoms with Crippen LogP contribution < -0.4 is 5.32 Å². The number of ether oxygens (including phenoxy) is 2. The van der Waals surface area contributed by atoms with Crippen molar-refractivity contribution < 1.29 is 29.3 Å². The molecule has 3 N–H and O–H groups in total. The molecule has 2 aromatic rings. The molecule has 0 saturated carbocycles. The summed E-state index contributed by atoms with van der Waals surface area (Å²) < 4.78 is 10.4. The third-order valence-corrected chi connectivity index (χ3v) is 4.58. The average Bonchev–Trinajstić information content (AvgIpc) is 2.99. The Kier molecular flexibility index (Phi) is 6.28. The van der Waals surface area contributed by atoms with Crippen molar-refractivity contribution in [1.82, 2.24) is 5.32 Å². The van der Waals surface area contributed by atoms with Crippen molar-refractivity contribution in [2.45, 2.75) is 25.0 Å². The summed E-state index contributed by atoms with van der Waals surface area (Å²) in [5.41, 5.74) is 4.38. The number of aliphatic carboxylic acids is 1. The number of carboxylic acid groups (broad SMARTS) is 1. The molecule has 0 aromatic heterocycles. The molecule has 2 atom stereocenters. The largest absolute Gasteiger partial charge is 0.480 e. The Labute approximate surface area is 162 Å². The number of alkyl carbamates (subject to hydrolysis) is 1. The molecular weight excluding hydrogens is 362 g/mol. The minimum atomic E-state index is -1.26. The highest BCUT2D eigenvalue weighted by molar-refractivity contribution is 5.81. The van der Waals surface area contributed by atoms with E-state index in [0.29, 0.717) is 0 Å². The quantitative estimate of drug-likeness (QED) is 0.644. The number of nitrogens with one attached hydrogen (secondary N) is 1. The zero-order chi connectivity index (χ0) is 20.1. The summed E-state index contributed by atoms with van der Waals surface area (Å²) in [5.74, 6) is -1.34. The molecule has 0 aliphatic heterocycles. The molecule has 1 amide bonds. The van der Waals surface area contributed by atoms with Crippen LogP contribution >= 0.6 is 0 Å². The first-order chi connectivity index (χ1) is 13.5. The molecule has 0 fully saturated rings. The minimum Gasteiger partial charge on any atom is -0.480 e. The summed E-state index contributed by atoms with van der Waals surface area (Å²) in [4.78, 5) is 23.4. The van der Waals surface area contributed by atoms with Gasteiger partial charge in [0.15, 0.2) is 6.04 Å². The average molecular weight is 385 g/mol. The number of aliphatic hydroxyl groups is 1. The zero-order valence-electron chi connectivity index (χ0n) is 15.5. The van der Waals surface area contributed by atoms with Crippen molar-refractivity contribution in [3.05, 3.63) is 59.7 Å². The standard InChI is InChI=1S/C21H23NO6/c1-13(23)10-27-12-19(20(24)25)22-21(26)28-11-18-16-8-4-2-6-14(16)15-7-3-5-9-17(15)18/h2-9,13,18-19,23H,10-12H2,1H3,(H,22,26)(H,24,25)/t13-,19-/m0/s1. The molecule has 1 aliphatic carbocycles. The maximum Gasteiger partial charge on any atom is 0.407 e. The van der Waals surface area contributed by atoms with Crippen molar-refractivity contribution in [3.63, 3.8) is 0 Å².